The third kappa shape index (κ3) is 5.82. The number of aromatic hydroxyl groups is 1. The number of esters is 1. The molecule has 2 aromatic carbocycles. The minimum Gasteiger partial charge on any atom is -0.507 e. The van der Waals surface area contributed by atoms with Crippen LogP contribution in [0.15, 0.2) is 45.6 Å². The first kappa shape index (κ1) is 24.7. The van der Waals surface area contributed by atoms with Crippen molar-refractivity contribution >= 4 is 22.6 Å². The van der Waals surface area contributed by atoms with Crippen LogP contribution < -0.4 is 10.5 Å². The van der Waals surface area contributed by atoms with Gasteiger partial charge in [-0.3, -0.25) is 9.69 Å². The Balaban J connectivity index is 1.56. The zero-order chi connectivity index (χ0) is 24.9. The zero-order valence-electron chi connectivity index (χ0n) is 20.2. The highest BCUT2D eigenvalue weighted by molar-refractivity contribution is 5.86. The Morgan fingerprint density at radius 3 is 2.54 bits per heavy atom. The molecule has 4 rings (SSSR count). The molecule has 1 aromatic heterocycles. The molecule has 0 saturated carbocycles. The van der Waals surface area contributed by atoms with Crippen LogP contribution in [0.2, 0.25) is 0 Å². The van der Waals surface area contributed by atoms with Crippen molar-refractivity contribution in [2.45, 2.75) is 39.7 Å². The van der Waals surface area contributed by atoms with Gasteiger partial charge in [0.15, 0.2) is 0 Å². The highest BCUT2D eigenvalue weighted by Gasteiger charge is 2.23. The van der Waals surface area contributed by atoms with Crippen LogP contribution in [0.5, 0.6) is 5.75 Å². The van der Waals surface area contributed by atoms with E-state index in [4.69, 9.17) is 9.15 Å². The van der Waals surface area contributed by atoms with Gasteiger partial charge in [-0.2, -0.15) is 0 Å². The van der Waals surface area contributed by atoms with E-state index in [1.165, 1.54) is 18.2 Å². The van der Waals surface area contributed by atoms with E-state index in [2.05, 4.69) is 9.80 Å². The summed E-state index contributed by atoms with van der Waals surface area (Å²) >= 11 is 0. The number of ether oxygens (including phenoxy) is 1. The number of halogens is 1. The Labute approximate surface area is 203 Å². The molecule has 0 unspecified atom stereocenters. The maximum atomic E-state index is 13.3. The lowest BCUT2D eigenvalue weighted by Crippen LogP contribution is -2.46. The van der Waals surface area contributed by atoms with Gasteiger partial charge in [0.1, 0.15) is 17.1 Å². The predicted molar refractivity (Wildman–Crippen MR) is 132 cm³/mol. The Bertz CT molecular complexity index is 1250. The molecule has 186 valence electrons. The van der Waals surface area contributed by atoms with E-state index in [-0.39, 0.29) is 24.0 Å². The molecule has 0 bridgehead atoms. The van der Waals surface area contributed by atoms with Crippen LogP contribution in [0.25, 0.3) is 11.0 Å². The number of fused-ring (bicyclic) bond motifs is 1. The van der Waals surface area contributed by atoms with Gasteiger partial charge >= 0.3 is 11.6 Å². The summed E-state index contributed by atoms with van der Waals surface area (Å²) < 4.78 is 24.0. The monoisotopic (exact) mass is 482 g/mol. The van der Waals surface area contributed by atoms with Crippen molar-refractivity contribution in [2.75, 3.05) is 37.7 Å². The SMILES string of the molecule is CCCOC(=O)CCc1cc2c(C)cc(=O)oc2c(CN2CCN(c3ccc(F)cc3)CC2)c1O. The van der Waals surface area contributed by atoms with Crippen LogP contribution in [-0.4, -0.2) is 48.8 Å². The van der Waals surface area contributed by atoms with Crippen LogP contribution in [0.4, 0.5) is 10.1 Å². The molecule has 1 saturated heterocycles. The van der Waals surface area contributed by atoms with Crippen LogP contribution in [0.3, 0.4) is 0 Å². The molecular formula is C27H31FN2O5. The van der Waals surface area contributed by atoms with E-state index in [0.29, 0.717) is 36.3 Å². The topological polar surface area (TPSA) is 83.2 Å². The number of piperazine rings is 1. The highest BCUT2D eigenvalue weighted by Crippen LogP contribution is 2.34. The fourth-order valence-electron chi connectivity index (χ4n) is 4.47. The summed E-state index contributed by atoms with van der Waals surface area (Å²) in [5, 5.41) is 11.9. The van der Waals surface area contributed by atoms with E-state index < -0.39 is 5.63 Å². The normalized spacial score (nSPS) is 14.4. The summed E-state index contributed by atoms with van der Waals surface area (Å²) in [6.45, 7) is 7.49. The van der Waals surface area contributed by atoms with Gasteiger partial charge < -0.3 is 19.2 Å². The van der Waals surface area contributed by atoms with E-state index in [0.717, 1.165) is 49.2 Å². The number of hydrogen-bond donors (Lipinski definition) is 1. The molecule has 35 heavy (non-hydrogen) atoms. The number of benzene rings is 2. The van der Waals surface area contributed by atoms with Gasteiger partial charge in [-0.25, -0.2) is 9.18 Å². The number of nitrogens with zero attached hydrogens (tertiary/aromatic N) is 2. The molecule has 7 nitrogen and oxygen atoms in total. The van der Waals surface area contributed by atoms with Gasteiger partial charge in [0, 0.05) is 56.3 Å². The number of anilines is 1. The zero-order valence-corrected chi connectivity index (χ0v) is 20.2. The van der Waals surface area contributed by atoms with E-state index >= 15 is 0 Å². The van der Waals surface area contributed by atoms with Crippen LogP contribution in [-0.2, 0) is 22.5 Å². The smallest absolute Gasteiger partial charge is 0.336 e. The van der Waals surface area contributed by atoms with Crippen molar-refractivity contribution in [1.29, 1.82) is 0 Å². The van der Waals surface area contributed by atoms with Crippen molar-refractivity contribution < 1.29 is 23.4 Å². The lowest BCUT2D eigenvalue weighted by atomic mass is 9.98. The summed E-state index contributed by atoms with van der Waals surface area (Å²) in [5.74, 6) is -0.512. The molecule has 0 aliphatic carbocycles. The molecule has 0 amide bonds. The molecule has 1 fully saturated rings. The first-order valence-corrected chi connectivity index (χ1v) is 12.0. The van der Waals surface area contributed by atoms with Crippen LogP contribution in [0, 0.1) is 12.7 Å². The second-order valence-corrected chi connectivity index (χ2v) is 8.95. The summed E-state index contributed by atoms with van der Waals surface area (Å²) in [6.07, 6.45) is 1.24. The van der Waals surface area contributed by atoms with Gasteiger partial charge in [0.05, 0.1) is 12.2 Å². The third-order valence-corrected chi connectivity index (χ3v) is 6.40. The Morgan fingerprint density at radius 1 is 1.14 bits per heavy atom. The Hall–Kier alpha value is -3.39. The van der Waals surface area contributed by atoms with Crippen molar-refractivity contribution in [1.82, 2.24) is 4.90 Å². The van der Waals surface area contributed by atoms with Crippen molar-refractivity contribution in [3.8, 4) is 5.75 Å². The molecule has 0 spiro atoms. The molecule has 1 N–H and O–H groups in total. The van der Waals surface area contributed by atoms with Gasteiger partial charge in [0.2, 0.25) is 0 Å². The van der Waals surface area contributed by atoms with Gasteiger partial charge in [-0.05, 0) is 61.2 Å². The quantitative estimate of drug-likeness (QED) is 0.381. The van der Waals surface area contributed by atoms with Crippen molar-refractivity contribution in [3.05, 3.63) is 69.3 Å². The number of rotatable bonds is 8. The maximum absolute atomic E-state index is 13.3. The average molecular weight is 483 g/mol. The second kappa shape index (κ2) is 10.9. The number of phenolic OH excluding ortho intramolecular Hbond substituents is 1. The van der Waals surface area contributed by atoms with Crippen molar-refractivity contribution in [2.24, 2.45) is 0 Å². The first-order chi connectivity index (χ1) is 16.9. The summed E-state index contributed by atoms with van der Waals surface area (Å²) in [4.78, 5) is 28.5. The number of hydrogen-bond acceptors (Lipinski definition) is 7. The standard InChI is InChI=1S/C27H31FN2O5/c1-3-14-34-24(31)9-4-19-16-22-18(2)15-25(32)35-27(22)23(26(19)33)17-29-10-12-30(13-11-29)21-7-5-20(28)6-8-21/h5-8,15-16,33H,3-4,9-14,17H2,1-2H3. The van der Waals surface area contributed by atoms with Crippen LogP contribution >= 0.6 is 0 Å². The number of carbonyl (C=O) groups excluding carboxylic acids is 1. The molecule has 1 aliphatic rings. The third-order valence-electron chi connectivity index (χ3n) is 6.40. The Morgan fingerprint density at radius 2 is 1.86 bits per heavy atom. The lowest BCUT2D eigenvalue weighted by molar-refractivity contribution is -0.143. The highest BCUT2D eigenvalue weighted by atomic mass is 19.1. The maximum Gasteiger partial charge on any atom is 0.336 e. The number of carbonyl (C=O) groups is 1. The van der Waals surface area contributed by atoms with E-state index in [1.807, 2.05) is 13.8 Å². The summed E-state index contributed by atoms with van der Waals surface area (Å²) in [5.41, 5.74) is 2.82. The number of aryl methyl sites for hydroxylation is 2. The van der Waals surface area contributed by atoms with E-state index in [9.17, 15) is 19.1 Å². The molecule has 0 radical (unpaired) electrons. The molecule has 1 aliphatic heterocycles. The van der Waals surface area contributed by atoms with Crippen LogP contribution in [0.1, 0.15) is 36.5 Å². The second-order valence-electron chi connectivity index (χ2n) is 8.95. The van der Waals surface area contributed by atoms with Gasteiger partial charge in [-0.15, -0.1) is 0 Å². The molecule has 2 heterocycles. The average Bonchev–Trinajstić information content (AvgIpc) is 2.84. The van der Waals surface area contributed by atoms with Crippen molar-refractivity contribution in [3.63, 3.8) is 0 Å². The van der Waals surface area contributed by atoms with E-state index in [1.54, 1.807) is 18.2 Å². The molecule has 8 heteroatoms. The van der Waals surface area contributed by atoms with Gasteiger partial charge in [-0.1, -0.05) is 6.92 Å². The first-order valence-electron chi connectivity index (χ1n) is 12.0. The molecule has 0 atom stereocenters. The lowest BCUT2D eigenvalue weighted by Gasteiger charge is -2.36. The largest absolute Gasteiger partial charge is 0.507 e. The minimum atomic E-state index is -0.465. The van der Waals surface area contributed by atoms with Gasteiger partial charge in [0.25, 0.3) is 0 Å². The number of phenols is 1. The summed E-state index contributed by atoms with van der Waals surface area (Å²) in [7, 11) is 0. The fraction of sp³-hybridized carbons (Fsp3) is 0.407. The minimum absolute atomic E-state index is 0.0514. The fourth-order valence-corrected chi connectivity index (χ4v) is 4.47. The summed E-state index contributed by atoms with van der Waals surface area (Å²) in [6, 6.07) is 9.70. The molecular weight excluding hydrogens is 451 g/mol. The predicted octanol–water partition coefficient (Wildman–Crippen LogP) is 4.15. The molecule has 3 aromatic rings. The Kier molecular flexibility index (Phi) is 7.70.